The van der Waals surface area contributed by atoms with Crippen LogP contribution in [0.2, 0.25) is 0 Å². The Bertz CT molecular complexity index is 1190. The number of amides is 1. The van der Waals surface area contributed by atoms with Crippen molar-refractivity contribution in [2.75, 3.05) is 24.5 Å². The topological polar surface area (TPSA) is 88.4 Å². The number of hydrogen-bond acceptors (Lipinski definition) is 5. The average molecular weight is 454 g/mol. The van der Waals surface area contributed by atoms with E-state index in [2.05, 4.69) is 10.1 Å². The highest BCUT2D eigenvalue weighted by Gasteiger charge is 2.27. The van der Waals surface area contributed by atoms with E-state index in [0.29, 0.717) is 31.7 Å². The Morgan fingerprint density at radius 2 is 1.84 bits per heavy atom. The molecule has 0 saturated heterocycles. The first-order chi connectivity index (χ1) is 15.4. The molecule has 9 heteroatoms. The summed E-state index contributed by atoms with van der Waals surface area (Å²) in [5, 5.41) is 4.10. The zero-order valence-corrected chi connectivity index (χ0v) is 19.1. The number of sulfonamides is 1. The SMILES string of the molecule is CCN(CC)S(=O)(=O)c1ccc2c(c1)CCCN2C(=O)c1ccc(Cn2cncn2)cc1. The van der Waals surface area contributed by atoms with Crippen LogP contribution in [0.4, 0.5) is 5.69 Å². The molecule has 1 aromatic heterocycles. The molecule has 8 nitrogen and oxygen atoms in total. The zero-order chi connectivity index (χ0) is 22.7. The number of aromatic nitrogens is 3. The molecule has 1 aliphatic heterocycles. The molecule has 2 heterocycles. The van der Waals surface area contributed by atoms with Gasteiger partial charge in [-0.15, -0.1) is 0 Å². The molecule has 1 aliphatic rings. The van der Waals surface area contributed by atoms with Gasteiger partial charge in [-0.05, 0) is 54.3 Å². The van der Waals surface area contributed by atoms with E-state index in [1.807, 2.05) is 38.1 Å². The van der Waals surface area contributed by atoms with Crippen LogP contribution in [0, 0.1) is 0 Å². The third-order valence-corrected chi connectivity index (χ3v) is 7.82. The van der Waals surface area contributed by atoms with Gasteiger partial charge in [0.2, 0.25) is 10.0 Å². The summed E-state index contributed by atoms with van der Waals surface area (Å²) in [5.41, 5.74) is 3.30. The molecule has 1 amide bonds. The zero-order valence-electron chi connectivity index (χ0n) is 18.3. The summed E-state index contributed by atoms with van der Waals surface area (Å²) < 4.78 is 29.0. The molecule has 2 aromatic carbocycles. The second-order valence-electron chi connectivity index (χ2n) is 7.73. The minimum absolute atomic E-state index is 0.0856. The molecule has 4 rings (SSSR count). The minimum atomic E-state index is -3.53. The number of carbonyl (C=O) groups is 1. The van der Waals surface area contributed by atoms with Crippen molar-refractivity contribution in [2.24, 2.45) is 0 Å². The summed E-state index contributed by atoms with van der Waals surface area (Å²) in [5.74, 6) is -0.0856. The molecule has 0 N–H and O–H groups in total. The molecule has 0 radical (unpaired) electrons. The first-order valence-electron chi connectivity index (χ1n) is 10.8. The highest BCUT2D eigenvalue weighted by Crippen LogP contribution is 2.31. The van der Waals surface area contributed by atoms with E-state index in [4.69, 9.17) is 0 Å². The van der Waals surface area contributed by atoms with Crippen LogP contribution in [0.15, 0.2) is 60.0 Å². The lowest BCUT2D eigenvalue weighted by Crippen LogP contribution is -2.36. The van der Waals surface area contributed by atoms with Gasteiger partial charge in [0.25, 0.3) is 5.91 Å². The maximum absolute atomic E-state index is 13.2. The molecule has 0 spiro atoms. The third kappa shape index (κ3) is 4.31. The first kappa shape index (κ1) is 22.2. The summed E-state index contributed by atoms with van der Waals surface area (Å²) in [4.78, 5) is 19.2. The molecular formula is C23H27N5O3S. The van der Waals surface area contributed by atoms with E-state index in [9.17, 15) is 13.2 Å². The van der Waals surface area contributed by atoms with E-state index >= 15 is 0 Å². The molecular weight excluding hydrogens is 426 g/mol. The smallest absolute Gasteiger partial charge is 0.258 e. The molecule has 0 fully saturated rings. The maximum atomic E-state index is 13.2. The van der Waals surface area contributed by atoms with Crippen molar-refractivity contribution in [1.29, 1.82) is 0 Å². The minimum Gasteiger partial charge on any atom is -0.308 e. The van der Waals surface area contributed by atoms with Gasteiger partial charge in [-0.1, -0.05) is 26.0 Å². The van der Waals surface area contributed by atoms with Crippen molar-refractivity contribution < 1.29 is 13.2 Å². The van der Waals surface area contributed by atoms with Crippen LogP contribution in [0.3, 0.4) is 0 Å². The fourth-order valence-corrected chi connectivity index (χ4v) is 5.58. The van der Waals surface area contributed by atoms with E-state index in [-0.39, 0.29) is 10.8 Å². The van der Waals surface area contributed by atoms with Crippen LogP contribution < -0.4 is 4.90 Å². The summed E-state index contributed by atoms with van der Waals surface area (Å²) in [6, 6.07) is 12.6. The van der Waals surface area contributed by atoms with Crippen LogP contribution in [0.25, 0.3) is 0 Å². The number of anilines is 1. The number of nitrogens with zero attached hydrogens (tertiary/aromatic N) is 5. The van der Waals surface area contributed by atoms with E-state index in [0.717, 1.165) is 29.7 Å². The fourth-order valence-electron chi connectivity index (χ4n) is 4.07. The number of carbonyl (C=O) groups excluding carboxylic acids is 1. The van der Waals surface area contributed by atoms with E-state index in [1.165, 1.54) is 10.6 Å². The Morgan fingerprint density at radius 3 is 2.50 bits per heavy atom. The fraction of sp³-hybridized carbons (Fsp3) is 0.348. The third-order valence-electron chi connectivity index (χ3n) is 5.77. The molecule has 3 aromatic rings. The number of hydrogen-bond donors (Lipinski definition) is 0. The summed E-state index contributed by atoms with van der Waals surface area (Å²) >= 11 is 0. The van der Waals surface area contributed by atoms with Gasteiger partial charge in [-0.3, -0.25) is 4.79 Å². The molecule has 0 bridgehead atoms. The normalized spacial score (nSPS) is 13.9. The number of benzene rings is 2. The van der Waals surface area contributed by atoms with E-state index in [1.54, 1.807) is 34.1 Å². The Hall–Kier alpha value is -3.04. The van der Waals surface area contributed by atoms with Crippen molar-refractivity contribution >= 4 is 21.6 Å². The Morgan fingerprint density at radius 1 is 1.09 bits per heavy atom. The first-order valence-corrected chi connectivity index (χ1v) is 12.2. The van der Waals surface area contributed by atoms with Gasteiger partial charge in [0, 0.05) is 30.9 Å². The lowest BCUT2D eigenvalue weighted by Gasteiger charge is -2.30. The summed E-state index contributed by atoms with van der Waals surface area (Å²) in [6.07, 6.45) is 4.68. The Balaban J connectivity index is 1.57. The summed E-state index contributed by atoms with van der Waals surface area (Å²) in [6.45, 7) is 5.70. The molecule has 0 atom stereocenters. The largest absolute Gasteiger partial charge is 0.308 e. The predicted molar refractivity (Wildman–Crippen MR) is 122 cm³/mol. The molecule has 0 saturated carbocycles. The molecule has 168 valence electrons. The van der Waals surface area contributed by atoms with Gasteiger partial charge in [-0.25, -0.2) is 18.1 Å². The number of aryl methyl sites for hydroxylation is 1. The quantitative estimate of drug-likeness (QED) is 0.549. The molecule has 0 aliphatic carbocycles. The van der Waals surface area contributed by atoms with Crippen molar-refractivity contribution in [3.05, 3.63) is 71.8 Å². The number of rotatable bonds is 7. The van der Waals surface area contributed by atoms with Gasteiger partial charge in [0.05, 0.1) is 11.4 Å². The van der Waals surface area contributed by atoms with Crippen molar-refractivity contribution in [3.8, 4) is 0 Å². The molecule has 32 heavy (non-hydrogen) atoms. The van der Waals surface area contributed by atoms with Crippen molar-refractivity contribution in [1.82, 2.24) is 19.1 Å². The van der Waals surface area contributed by atoms with Crippen LogP contribution in [0.5, 0.6) is 0 Å². The molecule has 0 unspecified atom stereocenters. The Labute approximate surface area is 188 Å². The standard InChI is InChI=1S/C23H27N5O3S/c1-3-27(4-2)32(30,31)21-11-12-22-20(14-21)6-5-13-28(22)23(29)19-9-7-18(8-10-19)15-26-17-24-16-25-26/h7-12,14,16-17H,3-6,13,15H2,1-2H3. The van der Waals surface area contributed by atoms with Crippen LogP contribution >= 0.6 is 0 Å². The van der Waals surface area contributed by atoms with Gasteiger partial charge < -0.3 is 4.90 Å². The van der Waals surface area contributed by atoms with Gasteiger partial charge in [0.15, 0.2) is 0 Å². The van der Waals surface area contributed by atoms with Crippen molar-refractivity contribution in [3.63, 3.8) is 0 Å². The second kappa shape index (κ2) is 9.22. The predicted octanol–water partition coefficient (Wildman–Crippen LogP) is 2.95. The highest BCUT2D eigenvalue weighted by atomic mass is 32.2. The van der Waals surface area contributed by atoms with Gasteiger partial charge in [-0.2, -0.15) is 9.40 Å². The van der Waals surface area contributed by atoms with Crippen LogP contribution in [-0.4, -0.2) is 53.0 Å². The maximum Gasteiger partial charge on any atom is 0.258 e. The lowest BCUT2D eigenvalue weighted by atomic mass is 10.0. The van der Waals surface area contributed by atoms with E-state index < -0.39 is 10.0 Å². The Kier molecular flexibility index (Phi) is 6.38. The average Bonchev–Trinajstić information content (AvgIpc) is 3.32. The second-order valence-corrected chi connectivity index (χ2v) is 9.67. The monoisotopic (exact) mass is 453 g/mol. The number of fused-ring (bicyclic) bond motifs is 1. The highest BCUT2D eigenvalue weighted by molar-refractivity contribution is 7.89. The van der Waals surface area contributed by atoms with Gasteiger partial charge in [0.1, 0.15) is 12.7 Å². The summed E-state index contributed by atoms with van der Waals surface area (Å²) in [7, 11) is -3.53. The van der Waals surface area contributed by atoms with Crippen LogP contribution in [0.1, 0.15) is 41.8 Å². The van der Waals surface area contributed by atoms with Crippen molar-refractivity contribution in [2.45, 2.75) is 38.1 Å². The van der Waals surface area contributed by atoms with Crippen LogP contribution in [-0.2, 0) is 23.0 Å². The lowest BCUT2D eigenvalue weighted by molar-refractivity contribution is 0.0985. The van der Waals surface area contributed by atoms with Gasteiger partial charge >= 0.3 is 0 Å².